The third-order valence-electron chi connectivity index (χ3n) is 8.08. The van der Waals surface area contributed by atoms with Gasteiger partial charge in [0.2, 0.25) is 0 Å². The third-order valence-corrected chi connectivity index (χ3v) is 8.08. The van der Waals surface area contributed by atoms with Gasteiger partial charge >= 0.3 is 35.5 Å². The predicted octanol–water partition coefficient (Wildman–Crippen LogP) is 5.83. The fourth-order valence-corrected chi connectivity index (χ4v) is 5.49. The Kier molecular flexibility index (Phi) is 10.0. The van der Waals surface area contributed by atoms with Crippen molar-refractivity contribution < 1.29 is 50.4 Å². The normalized spacial score (nSPS) is 12.3. The van der Waals surface area contributed by atoms with Crippen LogP contribution in [-0.2, 0) is 23.4 Å². The van der Waals surface area contributed by atoms with Crippen LogP contribution in [0.15, 0.2) is 127 Å². The molecule has 0 bridgehead atoms. The molecule has 1 aromatic heterocycles. The van der Waals surface area contributed by atoms with E-state index in [0.29, 0.717) is 19.6 Å². The average Bonchev–Trinajstić information content (AvgIpc) is 3.05. The number of aromatic nitrogens is 1. The van der Waals surface area contributed by atoms with Crippen LogP contribution in [0.3, 0.4) is 0 Å². The number of hydrogen-bond donors (Lipinski definition) is 1. The first-order chi connectivity index (χ1) is 21.0. The maximum absolute atomic E-state index is 11.6. The van der Waals surface area contributed by atoms with Crippen LogP contribution in [0.5, 0.6) is 11.5 Å². The summed E-state index contributed by atoms with van der Waals surface area (Å²) in [6.07, 6.45) is 0.517. The molecule has 0 saturated carbocycles. The van der Waals surface area contributed by atoms with Crippen molar-refractivity contribution in [1.82, 2.24) is 4.98 Å². The minimum atomic E-state index is -0.815. The summed E-state index contributed by atoms with van der Waals surface area (Å²) in [6.45, 7) is 2.92. The smallest absolute Gasteiger partial charge is 1.00 e. The molecule has 0 fully saturated rings. The maximum Gasteiger partial charge on any atom is 1.00 e. The molecule has 1 unspecified atom stereocenters. The van der Waals surface area contributed by atoms with E-state index in [9.17, 15) is 9.90 Å². The summed E-state index contributed by atoms with van der Waals surface area (Å²) < 4.78 is 12.1. The first-order valence-corrected chi connectivity index (χ1v) is 14.5. The largest absolute Gasteiger partial charge is 1.00 e. The van der Waals surface area contributed by atoms with Crippen LogP contribution in [0.1, 0.15) is 43.6 Å². The molecule has 6 heteroatoms. The molecular weight excluding hydrogens is 557 g/mol. The number of carbonyl (C=O) groups is 1. The van der Waals surface area contributed by atoms with Gasteiger partial charge in [-0.2, -0.15) is 0 Å². The second kappa shape index (κ2) is 14.1. The standard InChI is InChI=1S/C38H33NO4.Na.H/c1-38(23-22-37(40)41,31-13-18-34(19-14-31)42-25-27-10-11-28-6-2-3-8-30(28)24-27)32-15-20-35(21-16-32)43-26-33-17-12-29-7-4-5-9-36(29)39-33;;/h2-21,24H,22-23,25-26H2,1H3,(H,40,41);;/q;+1;-1. The number of ether oxygens (including phenoxy) is 2. The molecule has 1 heterocycles. The number of rotatable bonds is 11. The Morgan fingerprint density at radius 2 is 1.27 bits per heavy atom. The fourth-order valence-electron chi connectivity index (χ4n) is 5.49. The number of hydrogen-bond acceptors (Lipinski definition) is 4. The molecule has 0 amide bonds. The Balaban J connectivity index is 0.00000230. The van der Waals surface area contributed by atoms with Crippen molar-refractivity contribution in [2.45, 2.75) is 38.4 Å². The summed E-state index contributed by atoms with van der Waals surface area (Å²) in [4.78, 5) is 16.3. The Morgan fingerprint density at radius 1 is 0.705 bits per heavy atom. The number of carboxylic acids is 1. The Morgan fingerprint density at radius 3 is 1.93 bits per heavy atom. The van der Waals surface area contributed by atoms with Gasteiger partial charge in [-0.3, -0.25) is 4.79 Å². The predicted molar refractivity (Wildman–Crippen MR) is 172 cm³/mol. The molecule has 6 rings (SSSR count). The zero-order valence-electron chi connectivity index (χ0n) is 26.1. The molecule has 0 aliphatic rings. The van der Waals surface area contributed by atoms with Gasteiger partial charge in [-0.25, -0.2) is 4.98 Å². The molecule has 216 valence electrons. The number of benzene rings is 5. The van der Waals surface area contributed by atoms with Crippen LogP contribution in [0, 0.1) is 0 Å². The summed E-state index contributed by atoms with van der Waals surface area (Å²) >= 11 is 0. The number of para-hydroxylation sites is 1. The summed E-state index contributed by atoms with van der Waals surface area (Å²) in [5.41, 5.74) is 4.45. The molecule has 44 heavy (non-hydrogen) atoms. The summed E-state index contributed by atoms with van der Waals surface area (Å²) in [5, 5.41) is 13.0. The third kappa shape index (κ3) is 7.31. The molecule has 0 spiro atoms. The second-order valence-electron chi connectivity index (χ2n) is 11.0. The Hall–Kier alpha value is -4.16. The SMILES string of the molecule is CC(CCC(=O)O)(c1ccc(OCc2ccc3ccccc3c2)cc1)c1ccc(OCc2ccc3ccccc3n2)cc1.[H-].[Na+]. The number of carboxylic acid groups (broad SMARTS) is 1. The molecule has 0 aliphatic carbocycles. The van der Waals surface area contributed by atoms with Crippen LogP contribution in [0.25, 0.3) is 21.7 Å². The van der Waals surface area contributed by atoms with Crippen molar-refractivity contribution in [3.8, 4) is 11.5 Å². The number of aliphatic carboxylic acids is 1. The van der Waals surface area contributed by atoms with E-state index in [-0.39, 0.29) is 37.4 Å². The van der Waals surface area contributed by atoms with Crippen LogP contribution in [0.4, 0.5) is 0 Å². The molecule has 1 atom stereocenters. The maximum atomic E-state index is 11.6. The molecule has 0 radical (unpaired) electrons. The first-order valence-electron chi connectivity index (χ1n) is 14.5. The van der Waals surface area contributed by atoms with E-state index in [1.54, 1.807) is 0 Å². The van der Waals surface area contributed by atoms with Crippen LogP contribution in [0.2, 0.25) is 0 Å². The van der Waals surface area contributed by atoms with Gasteiger partial charge in [-0.15, -0.1) is 0 Å². The van der Waals surface area contributed by atoms with Gasteiger partial charge in [-0.05, 0) is 76.3 Å². The number of pyridine rings is 1. The van der Waals surface area contributed by atoms with E-state index < -0.39 is 11.4 Å². The Labute approximate surface area is 281 Å². The van der Waals surface area contributed by atoms with Crippen LogP contribution < -0.4 is 39.0 Å². The molecule has 1 N–H and O–H groups in total. The van der Waals surface area contributed by atoms with Crippen LogP contribution >= 0.6 is 0 Å². The van der Waals surface area contributed by atoms with E-state index in [4.69, 9.17) is 9.47 Å². The molecule has 0 saturated heterocycles. The van der Waals surface area contributed by atoms with Crippen molar-refractivity contribution in [2.24, 2.45) is 0 Å². The van der Waals surface area contributed by atoms with E-state index in [1.165, 1.54) is 10.8 Å². The number of nitrogens with zero attached hydrogens (tertiary/aromatic N) is 1. The molecule has 0 aliphatic heterocycles. The molecule has 6 aromatic rings. The zero-order chi connectivity index (χ0) is 29.6. The summed E-state index contributed by atoms with van der Waals surface area (Å²) in [5.74, 6) is 0.685. The van der Waals surface area contributed by atoms with Gasteiger partial charge < -0.3 is 16.0 Å². The topological polar surface area (TPSA) is 68.7 Å². The first kappa shape index (κ1) is 31.3. The van der Waals surface area contributed by atoms with Crippen molar-refractivity contribution in [2.75, 3.05) is 0 Å². The summed E-state index contributed by atoms with van der Waals surface area (Å²) in [7, 11) is 0. The molecule has 5 aromatic carbocycles. The Bertz CT molecular complexity index is 1750. The monoisotopic (exact) mass is 591 g/mol. The van der Waals surface area contributed by atoms with Gasteiger partial charge in [-0.1, -0.05) is 91.9 Å². The van der Waals surface area contributed by atoms with Crippen molar-refractivity contribution in [3.63, 3.8) is 0 Å². The van der Waals surface area contributed by atoms with Crippen molar-refractivity contribution in [3.05, 3.63) is 150 Å². The van der Waals surface area contributed by atoms with Gasteiger partial charge in [0.25, 0.3) is 0 Å². The number of fused-ring (bicyclic) bond motifs is 2. The second-order valence-corrected chi connectivity index (χ2v) is 11.0. The average molecular weight is 592 g/mol. The van der Waals surface area contributed by atoms with Crippen LogP contribution in [-0.4, -0.2) is 16.1 Å². The van der Waals surface area contributed by atoms with Gasteiger partial charge in [0, 0.05) is 17.2 Å². The fraction of sp³-hybridized carbons (Fsp3) is 0.158. The van der Waals surface area contributed by atoms with E-state index >= 15 is 0 Å². The molecule has 5 nitrogen and oxygen atoms in total. The zero-order valence-corrected chi connectivity index (χ0v) is 27.1. The van der Waals surface area contributed by atoms with Gasteiger partial charge in [0.15, 0.2) is 0 Å². The van der Waals surface area contributed by atoms with E-state index in [1.807, 2.05) is 91.0 Å². The van der Waals surface area contributed by atoms with Crippen molar-refractivity contribution in [1.29, 1.82) is 0 Å². The van der Waals surface area contributed by atoms with E-state index in [0.717, 1.165) is 44.8 Å². The van der Waals surface area contributed by atoms with Gasteiger partial charge in [0.1, 0.15) is 24.7 Å². The van der Waals surface area contributed by atoms with Gasteiger partial charge in [0.05, 0.1) is 11.2 Å². The summed E-state index contributed by atoms with van der Waals surface area (Å²) in [6, 6.07) is 42.6. The minimum absolute atomic E-state index is 0. The van der Waals surface area contributed by atoms with Crippen molar-refractivity contribution >= 4 is 27.6 Å². The minimum Gasteiger partial charge on any atom is -1.00 e. The molecular formula is C38H34NNaO4. The van der Waals surface area contributed by atoms with E-state index in [2.05, 4.69) is 48.3 Å². The quantitative estimate of drug-likeness (QED) is 0.192.